The summed E-state index contributed by atoms with van der Waals surface area (Å²) < 4.78 is 18.7. The van der Waals surface area contributed by atoms with E-state index in [1.807, 2.05) is 31.2 Å². The average Bonchev–Trinajstić information content (AvgIpc) is 2.42. The van der Waals surface area contributed by atoms with E-state index in [1.54, 1.807) is 0 Å². The molecule has 0 bridgehead atoms. The maximum Gasteiger partial charge on any atom is 0.123 e. The molecule has 0 unspecified atom stereocenters. The number of hydrogen-bond donors (Lipinski definition) is 1. The van der Waals surface area contributed by atoms with E-state index in [0.717, 1.165) is 18.0 Å². The first-order chi connectivity index (χ1) is 9.19. The lowest BCUT2D eigenvalue weighted by Crippen LogP contribution is -1.98. The van der Waals surface area contributed by atoms with Crippen LogP contribution in [0, 0.1) is 5.82 Å². The van der Waals surface area contributed by atoms with Gasteiger partial charge in [-0.1, -0.05) is 11.6 Å². The molecule has 0 heterocycles. The van der Waals surface area contributed by atoms with Gasteiger partial charge in [-0.15, -0.1) is 0 Å². The Labute approximate surface area is 117 Å². The third-order valence-electron chi connectivity index (χ3n) is 2.64. The Morgan fingerprint density at radius 2 is 1.89 bits per heavy atom. The van der Waals surface area contributed by atoms with E-state index in [0.29, 0.717) is 10.6 Å². The summed E-state index contributed by atoms with van der Waals surface area (Å²) in [4.78, 5) is 0. The van der Waals surface area contributed by atoms with Crippen LogP contribution in [0.25, 0.3) is 0 Å². The van der Waals surface area contributed by atoms with Gasteiger partial charge in [0.15, 0.2) is 0 Å². The minimum absolute atomic E-state index is 0.247. The largest absolute Gasteiger partial charge is 0.489 e. The molecule has 0 aliphatic rings. The number of benzene rings is 2. The first-order valence-electron chi connectivity index (χ1n) is 6.09. The molecule has 2 nitrogen and oxygen atoms in total. The first-order valence-corrected chi connectivity index (χ1v) is 6.47. The number of hydrogen-bond acceptors (Lipinski definition) is 2. The molecule has 2 aromatic rings. The van der Waals surface area contributed by atoms with E-state index in [1.165, 1.54) is 18.2 Å². The van der Waals surface area contributed by atoms with Crippen LogP contribution in [0.5, 0.6) is 5.75 Å². The van der Waals surface area contributed by atoms with Gasteiger partial charge < -0.3 is 10.1 Å². The van der Waals surface area contributed by atoms with Gasteiger partial charge in [-0.3, -0.25) is 0 Å². The van der Waals surface area contributed by atoms with Crippen molar-refractivity contribution in [1.82, 2.24) is 0 Å². The highest BCUT2D eigenvalue weighted by Crippen LogP contribution is 2.21. The van der Waals surface area contributed by atoms with Crippen molar-refractivity contribution in [3.63, 3.8) is 0 Å². The van der Waals surface area contributed by atoms with E-state index in [4.69, 9.17) is 16.3 Å². The maximum absolute atomic E-state index is 13.1. The second-order valence-electron chi connectivity index (χ2n) is 4.08. The number of rotatable bonds is 5. The third-order valence-corrected chi connectivity index (χ3v) is 3.01. The molecule has 19 heavy (non-hydrogen) atoms. The fourth-order valence-electron chi connectivity index (χ4n) is 1.69. The summed E-state index contributed by atoms with van der Waals surface area (Å²) in [6, 6.07) is 11.9. The quantitative estimate of drug-likeness (QED) is 0.871. The van der Waals surface area contributed by atoms with Crippen LogP contribution < -0.4 is 10.1 Å². The van der Waals surface area contributed by atoms with E-state index >= 15 is 0 Å². The molecule has 2 rings (SSSR count). The van der Waals surface area contributed by atoms with Gasteiger partial charge in [0.1, 0.15) is 18.2 Å². The molecule has 0 amide bonds. The summed E-state index contributed by atoms with van der Waals surface area (Å²) in [5.74, 6) is 0.410. The zero-order chi connectivity index (χ0) is 13.7. The van der Waals surface area contributed by atoms with Gasteiger partial charge in [-0.25, -0.2) is 4.39 Å². The Hall–Kier alpha value is -1.74. The molecule has 0 saturated heterocycles. The first kappa shape index (κ1) is 13.7. The van der Waals surface area contributed by atoms with Gasteiger partial charge in [-0.05, 0) is 49.4 Å². The highest BCUT2D eigenvalue weighted by atomic mass is 35.5. The molecule has 100 valence electrons. The number of nitrogens with one attached hydrogen (secondary N) is 1. The Balaban J connectivity index is 2.00. The van der Waals surface area contributed by atoms with Crippen LogP contribution in [0.1, 0.15) is 12.5 Å². The van der Waals surface area contributed by atoms with Crippen LogP contribution in [-0.4, -0.2) is 6.54 Å². The minimum atomic E-state index is -0.314. The van der Waals surface area contributed by atoms with Crippen molar-refractivity contribution in [2.24, 2.45) is 0 Å². The SMILES string of the molecule is CCNc1ccc(OCc2cc(F)ccc2Cl)cc1. The molecule has 4 heteroatoms. The Morgan fingerprint density at radius 3 is 2.58 bits per heavy atom. The van der Waals surface area contributed by atoms with Gasteiger partial charge >= 0.3 is 0 Å². The van der Waals surface area contributed by atoms with Crippen molar-refractivity contribution >= 4 is 17.3 Å². The average molecular weight is 280 g/mol. The van der Waals surface area contributed by atoms with Crippen molar-refractivity contribution in [3.05, 3.63) is 58.9 Å². The standard InChI is InChI=1S/C15H15ClFNO/c1-2-18-13-4-6-14(7-5-13)19-10-11-9-12(17)3-8-15(11)16/h3-9,18H,2,10H2,1H3. The molecule has 0 radical (unpaired) electrons. The number of ether oxygens (including phenoxy) is 1. The molecule has 0 aliphatic carbocycles. The van der Waals surface area contributed by atoms with Crippen LogP contribution in [-0.2, 0) is 6.61 Å². The fraction of sp³-hybridized carbons (Fsp3) is 0.200. The second kappa shape index (κ2) is 6.43. The molecule has 0 fully saturated rings. The highest BCUT2D eigenvalue weighted by Gasteiger charge is 2.03. The fourth-order valence-corrected chi connectivity index (χ4v) is 1.86. The van der Waals surface area contributed by atoms with Crippen LogP contribution >= 0.6 is 11.6 Å². The molecule has 0 spiro atoms. The molecular formula is C15H15ClFNO. The van der Waals surface area contributed by atoms with Crippen molar-refractivity contribution in [2.75, 3.05) is 11.9 Å². The maximum atomic E-state index is 13.1. The summed E-state index contributed by atoms with van der Waals surface area (Å²) in [5, 5.41) is 3.70. The predicted molar refractivity (Wildman–Crippen MR) is 76.3 cm³/mol. The van der Waals surface area contributed by atoms with Gasteiger partial charge in [0.2, 0.25) is 0 Å². The third kappa shape index (κ3) is 3.86. The molecular weight excluding hydrogens is 265 g/mol. The monoisotopic (exact) mass is 279 g/mol. The molecule has 1 N–H and O–H groups in total. The summed E-state index contributed by atoms with van der Waals surface area (Å²) in [6.07, 6.45) is 0. The molecule has 0 aliphatic heterocycles. The van der Waals surface area contributed by atoms with Gasteiger partial charge in [0, 0.05) is 22.8 Å². The van der Waals surface area contributed by atoms with Gasteiger partial charge in [0.05, 0.1) is 0 Å². The lowest BCUT2D eigenvalue weighted by Gasteiger charge is -2.09. The Bertz CT molecular complexity index is 542. The van der Waals surface area contributed by atoms with Crippen molar-refractivity contribution < 1.29 is 9.13 Å². The van der Waals surface area contributed by atoms with Gasteiger partial charge in [-0.2, -0.15) is 0 Å². The zero-order valence-corrected chi connectivity index (χ0v) is 11.4. The Kier molecular flexibility index (Phi) is 4.63. The molecule has 0 aromatic heterocycles. The summed E-state index contributed by atoms with van der Waals surface area (Å²) in [6.45, 7) is 3.16. The lowest BCUT2D eigenvalue weighted by molar-refractivity contribution is 0.305. The van der Waals surface area contributed by atoms with E-state index in [9.17, 15) is 4.39 Å². The van der Waals surface area contributed by atoms with Crippen LogP contribution in [0.3, 0.4) is 0 Å². The normalized spacial score (nSPS) is 10.3. The summed E-state index contributed by atoms with van der Waals surface area (Å²) >= 11 is 5.97. The molecule has 0 atom stereocenters. The Morgan fingerprint density at radius 1 is 1.16 bits per heavy atom. The van der Waals surface area contributed by atoms with E-state index in [2.05, 4.69) is 5.32 Å². The van der Waals surface area contributed by atoms with Crippen LogP contribution in [0.4, 0.5) is 10.1 Å². The summed E-state index contributed by atoms with van der Waals surface area (Å²) in [5.41, 5.74) is 1.68. The minimum Gasteiger partial charge on any atom is -0.489 e. The van der Waals surface area contributed by atoms with Crippen molar-refractivity contribution in [3.8, 4) is 5.75 Å². The predicted octanol–water partition coefficient (Wildman–Crippen LogP) is 4.49. The van der Waals surface area contributed by atoms with Gasteiger partial charge in [0.25, 0.3) is 0 Å². The summed E-state index contributed by atoms with van der Waals surface area (Å²) in [7, 11) is 0. The molecule has 0 saturated carbocycles. The van der Waals surface area contributed by atoms with Crippen LogP contribution in [0.15, 0.2) is 42.5 Å². The smallest absolute Gasteiger partial charge is 0.123 e. The molecule has 2 aromatic carbocycles. The zero-order valence-electron chi connectivity index (χ0n) is 10.6. The van der Waals surface area contributed by atoms with E-state index < -0.39 is 0 Å². The number of anilines is 1. The topological polar surface area (TPSA) is 21.3 Å². The number of halogens is 2. The van der Waals surface area contributed by atoms with Crippen molar-refractivity contribution in [1.29, 1.82) is 0 Å². The van der Waals surface area contributed by atoms with E-state index in [-0.39, 0.29) is 12.4 Å². The highest BCUT2D eigenvalue weighted by molar-refractivity contribution is 6.31. The van der Waals surface area contributed by atoms with Crippen molar-refractivity contribution in [2.45, 2.75) is 13.5 Å². The second-order valence-corrected chi connectivity index (χ2v) is 4.49. The lowest BCUT2D eigenvalue weighted by atomic mass is 10.2. The van der Waals surface area contributed by atoms with Crippen LogP contribution in [0.2, 0.25) is 5.02 Å².